The van der Waals surface area contributed by atoms with Crippen molar-refractivity contribution in [3.63, 3.8) is 0 Å². The molecule has 0 atom stereocenters. The van der Waals surface area contributed by atoms with E-state index in [1.165, 1.54) is 3.97 Å². The van der Waals surface area contributed by atoms with Crippen LogP contribution in [0, 0.1) is 17.2 Å². The molecule has 3 aromatic carbocycles. The smallest absolute Gasteiger partial charge is 0.269 e. The Hall–Kier alpha value is -4.79. The van der Waals surface area contributed by atoms with E-state index in [1.54, 1.807) is 85.2 Å². The summed E-state index contributed by atoms with van der Waals surface area (Å²) in [7, 11) is -3.87. The molecule has 0 saturated heterocycles. The predicted octanol–water partition coefficient (Wildman–Crippen LogP) is 7.84. The second-order valence-corrected chi connectivity index (χ2v) is 14.5. The normalized spacial score (nSPS) is 16.7. The van der Waals surface area contributed by atoms with Crippen molar-refractivity contribution in [2.75, 3.05) is 0 Å². The van der Waals surface area contributed by atoms with Crippen LogP contribution in [0.15, 0.2) is 107 Å². The van der Waals surface area contributed by atoms with Gasteiger partial charge in [-0.1, -0.05) is 34.1 Å². The maximum atomic E-state index is 13.6. The van der Waals surface area contributed by atoms with Gasteiger partial charge in [0.2, 0.25) is 0 Å². The Morgan fingerprint density at radius 1 is 0.936 bits per heavy atom. The number of aromatic nitrogens is 4. The number of fused-ring (bicyclic) bond motifs is 3. The van der Waals surface area contributed by atoms with Gasteiger partial charge in [0.25, 0.3) is 10.0 Å². The van der Waals surface area contributed by atoms with Gasteiger partial charge in [0, 0.05) is 39.6 Å². The van der Waals surface area contributed by atoms with Crippen LogP contribution in [-0.2, 0) is 16.6 Å². The molecule has 47 heavy (non-hydrogen) atoms. The van der Waals surface area contributed by atoms with Gasteiger partial charge in [0.05, 0.1) is 22.7 Å². The zero-order valence-electron chi connectivity index (χ0n) is 25.3. The number of rotatable bonds is 9. The van der Waals surface area contributed by atoms with Crippen molar-refractivity contribution < 1.29 is 17.9 Å². The average molecular weight is 709 g/mol. The number of imidazole rings is 1. The molecule has 1 aliphatic rings. The predicted molar refractivity (Wildman–Crippen MR) is 182 cm³/mol. The molecule has 0 bridgehead atoms. The molecule has 236 valence electrons. The quantitative estimate of drug-likeness (QED) is 0.140. The Morgan fingerprint density at radius 2 is 1.62 bits per heavy atom. The molecule has 7 rings (SSSR count). The molecule has 3 heterocycles. The summed E-state index contributed by atoms with van der Waals surface area (Å²) in [5.41, 5.74) is 2.96. The zero-order chi connectivity index (χ0) is 32.5. The molecule has 0 aliphatic heterocycles. The molecule has 0 amide bonds. The average Bonchev–Trinajstić information content (AvgIpc) is 3.71. The lowest BCUT2D eigenvalue weighted by molar-refractivity contribution is 0.103. The van der Waals surface area contributed by atoms with Crippen LogP contribution in [0.4, 0.5) is 0 Å². The first-order valence-corrected chi connectivity index (χ1v) is 17.6. The van der Waals surface area contributed by atoms with E-state index in [0.717, 1.165) is 35.7 Å². The molecular weight excluding hydrogens is 678 g/mol. The zero-order valence-corrected chi connectivity index (χ0v) is 27.7. The maximum absolute atomic E-state index is 13.6. The molecule has 9 nitrogen and oxygen atoms in total. The summed E-state index contributed by atoms with van der Waals surface area (Å²) in [5.74, 6) is 1.59. The van der Waals surface area contributed by atoms with E-state index in [4.69, 9.17) is 9.72 Å². The highest BCUT2D eigenvalue weighted by Gasteiger charge is 2.28. The molecule has 6 aromatic rings. The maximum Gasteiger partial charge on any atom is 0.269 e. The van der Waals surface area contributed by atoms with E-state index in [2.05, 4.69) is 31.6 Å². The number of nitrogens with zero attached hydrogens (tertiary/aromatic N) is 5. The third-order valence-corrected chi connectivity index (χ3v) is 11.1. The van der Waals surface area contributed by atoms with Crippen LogP contribution in [-0.4, -0.2) is 32.7 Å². The molecule has 3 aromatic heterocycles. The molecule has 0 radical (unpaired) electrons. The fourth-order valence-electron chi connectivity index (χ4n) is 6.45. The van der Waals surface area contributed by atoms with Crippen LogP contribution in [0.25, 0.3) is 22.1 Å². The summed E-state index contributed by atoms with van der Waals surface area (Å²) in [5, 5.41) is 9.95. The molecule has 1 saturated carbocycles. The molecule has 1 aliphatic carbocycles. The summed E-state index contributed by atoms with van der Waals surface area (Å²) < 4.78 is 37.7. The SMILES string of the molecule is N#CC[C@H]1CC[C@H](n2c(COc3ccc(C(=O)c4ccc(Br)cc4)cc3)nc3cnc4c(ccn4S(=O)(=O)c4ccccc4)c32)CC1. The molecule has 1 fully saturated rings. The van der Waals surface area contributed by atoms with Gasteiger partial charge in [-0.15, -0.1) is 0 Å². The summed E-state index contributed by atoms with van der Waals surface area (Å²) in [4.78, 5) is 22.6. The first kappa shape index (κ1) is 30.8. The topological polar surface area (TPSA) is 120 Å². The van der Waals surface area contributed by atoms with Gasteiger partial charge >= 0.3 is 0 Å². The van der Waals surface area contributed by atoms with Crippen molar-refractivity contribution in [3.8, 4) is 11.8 Å². The number of ether oxygens (including phenoxy) is 1. The van der Waals surface area contributed by atoms with E-state index in [-0.39, 0.29) is 23.3 Å². The fourth-order valence-corrected chi connectivity index (χ4v) is 8.03. The van der Waals surface area contributed by atoms with Crippen molar-refractivity contribution in [1.82, 2.24) is 18.5 Å². The highest BCUT2D eigenvalue weighted by atomic mass is 79.9. The van der Waals surface area contributed by atoms with E-state index in [1.807, 2.05) is 12.1 Å². The Morgan fingerprint density at radius 3 is 2.30 bits per heavy atom. The van der Waals surface area contributed by atoms with Crippen LogP contribution >= 0.6 is 15.9 Å². The van der Waals surface area contributed by atoms with Gasteiger partial charge in [-0.3, -0.25) is 4.79 Å². The van der Waals surface area contributed by atoms with Crippen molar-refractivity contribution in [2.45, 2.75) is 49.6 Å². The summed E-state index contributed by atoms with van der Waals surface area (Å²) >= 11 is 3.40. The van der Waals surface area contributed by atoms with E-state index in [0.29, 0.717) is 51.6 Å². The second-order valence-electron chi connectivity index (χ2n) is 11.7. The Balaban J connectivity index is 1.23. The third-order valence-electron chi connectivity index (χ3n) is 8.85. The van der Waals surface area contributed by atoms with Gasteiger partial charge in [-0.05, 0) is 98.3 Å². The summed E-state index contributed by atoms with van der Waals surface area (Å²) in [6, 6.07) is 26.8. The van der Waals surface area contributed by atoms with Crippen LogP contribution in [0.1, 0.15) is 59.9 Å². The Kier molecular flexibility index (Phi) is 8.39. The van der Waals surface area contributed by atoms with Crippen LogP contribution in [0.3, 0.4) is 0 Å². The van der Waals surface area contributed by atoms with Crippen LogP contribution in [0.2, 0.25) is 0 Å². The number of halogens is 1. The van der Waals surface area contributed by atoms with Crippen molar-refractivity contribution in [3.05, 3.63) is 119 Å². The third kappa shape index (κ3) is 5.95. The van der Waals surface area contributed by atoms with Crippen molar-refractivity contribution >= 4 is 53.8 Å². The van der Waals surface area contributed by atoms with Gasteiger partial charge in [0.1, 0.15) is 23.7 Å². The molecule has 11 heteroatoms. The standard InChI is InChI=1S/C36H30BrN5O4S/c37-27-12-8-25(9-13-27)35(43)26-10-16-29(17-11-26)46-23-33-40-32-22-39-36-31(19-21-41(36)47(44,45)30-4-2-1-3-5-30)34(32)42(33)28-14-6-24(7-15-28)18-20-38/h1-5,8-13,16-17,19,21-22,24,28H,6-7,14-15,18,23H2/t24-,28-. The van der Waals surface area contributed by atoms with E-state index < -0.39 is 10.0 Å². The molecule has 0 N–H and O–H groups in total. The number of pyridine rings is 1. The number of carbonyl (C=O) groups excluding carboxylic acids is 1. The second kappa shape index (κ2) is 12.8. The first-order valence-electron chi connectivity index (χ1n) is 15.4. The lowest BCUT2D eigenvalue weighted by Gasteiger charge is -2.30. The molecule has 0 unspecified atom stereocenters. The van der Waals surface area contributed by atoms with Crippen molar-refractivity contribution in [2.24, 2.45) is 5.92 Å². The minimum absolute atomic E-state index is 0.0735. The van der Waals surface area contributed by atoms with Gasteiger partial charge < -0.3 is 9.30 Å². The minimum atomic E-state index is -3.87. The van der Waals surface area contributed by atoms with Gasteiger partial charge in [0.15, 0.2) is 11.4 Å². The molecule has 0 spiro atoms. The number of benzene rings is 3. The van der Waals surface area contributed by atoms with Gasteiger partial charge in [-0.25, -0.2) is 22.4 Å². The number of carbonyl (C=O) groups is 1. The monoisotopic (exact) mass is 707 g/mol. The largest absolute Gasteiger partial charge is 0.486 e. The number of ketones is 1. The molecular formula is C36H30BrN5O4S. The summed E-state index contributed by atoms with van der Waals surface area (Å²) in [6.45, 7) is 0.164. The van der Waals surface area contributed by atoms with Crippen LogP contribution in [0.5, 0.6) is 5.75 Å². The first-order chi connectivity index (χ1) is 22.8. The number of hydrogen-bond acceptors (Lipinski definition) is 7. The highest BCUT2D eigenvalue weighted by molar-refractivity contribution is 9.10. The van der Waals surface area contributed by atoms with E-state index >= 15 is 0 Å². The van der Waals surface area contributed by atoms with Gasteiger partial charge in [-0.2, -0.15) is 5.26 Å². The minimum Gasteiger partial charge on any atom is -0.486 e. The highest BCUT2D eigenvalue weighted by Crippen LogP contribution is 2.38. The lowest BCUT2D eigenvalue weighted by Crippen LogP contribution is -2.20. The number of hydrogen-bond donors (Lipinski definition) is 0. The van der Waals surface area contributed by atoms with Crippen LogP contribution < -0.4 is 4.74 Å². The van der Waals surface area contributed by atoms with E-state index in [9.17, 15) is 18.5 Å². The Labute approximate surface area is 280 Å². The number of nitriles is 1. The summed E-state index contributed by atoms with van der Waals surface area (Å²) in [6.07, 6.45) is 7.29. The lowest BCUT2D eigenvalue weighted by atomic mass is 9.84. The van der Waals surface area contributed by atoms with Crippen molar-refractivity contribution in [1.29, 1.82) is 5.26 Å². The fraction of sp³-hybridized carbons (Fsp3) is 0.222. The Bertz CT molecular complexity index is 2230.